The summed E-state index contributed by atoms with van der Waals surface area (Å²) in [5, 5.41) is 2.67. The highest BCUT2D eigenvalue weighted by atomic mass is 16.1. The zero-order valence-corrected chi connectivity index (χ0v) is 8.78. The van der Waals surface area contributed by atoms with Crippen molar-refractivity contribution in [1.82, 2.24) is 0 Å². The van der Waals surface area contributed by atoms with Crippen molar-refractivity contribution in [3.8, 4) is 0 Å². The van der Waals surface area contributed by atoms with Crippen LogP contribution >= 0.6 is 0 Å². The number of benzene rings is 1. The lowest BCUT2D eigenvalue weighted by Gasteiger charge is -2.01. The minimum atomic E-state index is -0.0953. The molecule has 0 saturated heterocycles. The smallest absolute Gasteiger partial charge is 0.221 e. The van der Waals surface area contributed by atoms with E-state index in [1.54, 1.807) is 18.2 Å². The molecule has 1 aromatic rings. The van der Waals surface area contributed by atoms with E-state index in [-0.39, 0.29) is 11.7 Å². The van der Waals surface area contributed by atoms with Crippen molar-refractivity contribution in [2.75, 3.05) is 5.32 Å². The van der Waals surface area contributed by atoms with Crippen molar-refractivity contribution in [2.45, 2.75) is 13.8 Å². The number of nitrogens with one attached hydrogen (secondary N) is 1. The van der Waals surface area contributed by atoms with E-state index >= 15 is 0 Å². The van der Waals surface area contributed by atoms with Crippen molar-refractivity contribution >= 4 is 23.5 Å². The van der Waals surface area contributed by atoms with Crippen LogP contribution in [0.2, 0.25) is 0 Å². The van der Waals surface area contributed by atoms with Gasteiger partial charge in [0.25, 0.3) is 0 Å². The minimum Gasteiger partial charge on any atom is -0.326 e. The average molecular weight is 203 g/mol. The first-order chi connectivity index (χ1) is 7.08. The highest BCUT2D eigenvalue weighted by Gasteiger charge is 1.94. The number of ketones is 1. The van der Waals surface area contributed by atoms with Crippen LogP contribution in [-0.4, -0.2) is 11.7 Å². The fourth-order valence-electron chi connectivity index (χ4n) is 1.09. The zero-order chi connectivity index (χ0) is 11.3. The van der Waals surface area contributed by atoms with E-state index in [0.717, 1.165) is 11.3 Å². The minimum absolute atomic E-state index is 0.0148. The van der Waals surface area contributed by atoms with Crippen LogP contribution in [0.3, 0.4) is 0 Å². The molecule has 0 atom stereocenters. The van der Waals surface area contributed by atoms with Gasteiger partial charge in [-0.2, -0.15) is 0 Å². The van der Waals surface area contributed by atoms with Crippen molar-refractivity contribution in [2.24, 2.45) is 0 Å². The quantitative estimate of drug-likeness (QED) is 0.766. The van der Waals surface area contributed by atoms with E-state index in [0.29, 0.717) is 0 Å². The molecule has 3 nitrogen and oxygen atoms in total. The Morgan fingerprint density at radius 2 is 1.73 bits per heavy atom. The van der Waals surface area contributed by atoms with Gasteiger partial charge in [-0.15, -0.1) is 0 Å². The summed E-state index contributed by atoms with van der Waals surface area (Å²) >= 11 is 0. The van der Waals surface area contributed by atoms with E-state index in [2.05, 4.69) is 5.32 Å². The Morgan fingerprint density at radius 3 is 2.20 bits per heavy atom. The molecular weight excluding hydrogens is 190 g/mol. The molecule has 0 saturated carbocycles. The second kappa shape index (κ2) is 5.10. The SMILES string of the molecule is CC(=O)C=Cc1ccc(NC(C)=O)cc1. The highest BCUT2D eigenvalue weighted by molar-refractivity contribution is 5.92. The van der Waals surface area contributed by atoms with Gasteiger partial charge in [-0.3, -0.25) is 9.59 Å². The number of carbonyl (C=O) groups is 2. The summed E-state index contributed by atoms with van der Waals surface area (Å²) in [6.07, 6.45) is 3.24. The molecule has 0 bridgehead atoms. The Bertz CT molecular complexity index is 391. The maximum Gasteiger partial charge on any atom is 0.221 e. The summed E-state index contributed by atoms with van der Waals surface area (Å²) in [7, 11) is 0. The summed E-state index contributed by atoms with van der Waals surface area (Å²) in [6.45, 7) is 2.96. The lowest BCUT2D eigenvalue weighted by molar-refractivity contribution is -0.114. The third-order valence-corrected chi connectivity index (χ3v) is 1.74. The van der Waals surface area contributed by atoms with Gasteiger partial charge >= 0.3 is 0 Å². The molecule has 1 aromatic carbocycles. The Balaban J connectivity index is 2.72. The number of anilines is 1. The van der Waals surface area contributed by atoms with Gasteiger partial charge in [0.05, 0.1) is 0 Å². The van der Waals surface area contributed by atoms with Gasteiger partial charge < -0.3 is 5.32 Å². The van der Waals surface area contributed by atoms with E-state index in [9.17, 15) is 9.59 Å². The van der Waals surface area contributed by atoms with Gasteiger partial charge in [0.2, 0.25) is 5.91 Å². The number of hydrogen-bond acceptors (Lipinski definition) is 2. The van der Waals surface area contributed by atoms with E-state index in [4.69, 9.17) is 0 Å². The average Bonchev–Trinajstić information content (AvgIpc) is 2.16. The summed E-state index contributed by atoms with van der Waals surface area (Å²) < 4.78 is 0. The first-order valence-corrected chi connectivity index (χ1v) is 4.64. The Kier molecular flexibility index (Phi) is 3.80. The molecule has 0 fully saturated rings. The Hall–Kier alpha value is -1.90. The zero-order valence-electron chi connectivity index (χ0n) is 8.78. The Labute approximate surface area is 88.8 Å². The standard InChI is InChI=1S/C12H13NO2/c1-9(14)3-4-11-5-7-12(8-6-11)13-10(2)15/h3-8H,1-2H3,(H,13,15). The molecule has 0 aliphatic heterocycles. The molecular formula is C12H13NO2. The van der Waals surface area contributed by atoms with Crippen LogP contribution in [0.5, 0.6) is 0 Å². The van der Waals surface area contributed by atoms with Crippen LogP contribution in [0, 0.1) is 0 Å². The fraction of sp³-hybridized carbons (Fsp3) is 0.167. The third-order valence-electron chi connectivity index (χ3n) is 1.74. The first kappa shape index (κ1) is 11.2. The van der Waals surface area contributed by atoms with Gasteiger partial charge in [-0.1, -0.05) is 18.2 Å². The molecule has 0 unspecified atom stereocenters. The van der Waals surface area contributed by atoms with Crippen LogP contribution in [0.15, 0.2) is 30.3 Å². The lowest BCUT2D eigenvalue weighted by atomic mass is 10.2. The second-order valence-electron chi connectivity index (χ2n) is 3.25. The van der Waals surface area contributed by atoms with Gasteiger partial charge in [0.1, 0.15) is 0 Å². The van der Waals surface area contributed by atoms with Crippen molar-refractivity contribution in [1.29, 1.82) is 0 Å². The second-order valence-corrected chi connectivity index (χ2v) is 3.25. The van der Waals surface area contributed by atoms with Crippen LogP contribution in [0.25, 0.3) is 6.08 Å². The molecule has 0 heterocycles. The van der Waals surface area contributed by atoms with Gasteiger partial charge in [-0.25, -0.2) is 0 Å². The summed E-state index contributed by atoms with van der Waals surface area (Å²) in [6, 6.07) is 7.26. The highest BCUT2D eigenvalue weighted by Crippen LogP contribution is 2.10. The Morgan fingerprint density at radius 1 is 1.13 bits per heavy atom. The fourth-order valence-corrected chi connectivity index (χ4v) is 1.09. The normalized spacial score (nSPS) is 10.3. The summed E-state index contributed by atoms with van der Waals surface area (Å²) in [5.74, 6) is -0.0806. The lowest BCUT2D eigenvalue weighted by Crippen LogP contribution is -2.05. The van der Waals surface area contributed by atoms with Gasteiger partial charge in [-0.05, 0) is 30.7 Å². The molecule has 1 N–H and O–H groups in total. The number of allylic oxidation sites excluding steroid dienone is 1. The molecule has 78 valence electrons. The molecule has 15 heavy (non-hydrogen) atoms. The molecule has 0 aliphatic carbocycles. The summed E-state index contributed by atoms with van der Waals surface area (Å²) in [4.78, 5) is 21.4. The topological polar surface area (TPSA) is 46.2 Å². The van der Waals surface area contributed by atoms with Crippen molar-refractivity contribution < 1.29 is 9.59 Å². The molecule has 0 spiro atoms. The van der Waals surface area contributed by atoms with E-state index < -0.39 is 0 Å². The van der Waals surface area contributed by atoms with E-state index in [1.807, 2.05) is 12.1 Å². The summed E-state index contributed by atoms with van der Waals surface area (Å²) in [5.41, 5.74) is 1.68. The predicted octanol–water partition coefficient (Wildman–Crippen LogP) is 2.25. The third kappa shape index (κ3) is 4.22. The molecule has 3 heteroatoms. The van der Waals surface area contributed by atoms with Crippen LogP contribution in [0.4, 0.5) is 5.69 Å². The largest absolute Gasteiger partial charge is 0.326 e. The molecule has 0 radical (unpaired) electrons. The van der Waals surface area contributed by atoms with Gasteiger partial charge in [0, 0.05) is 12.6 Å². The number of rotatable bonds is 3. The monoisotopic (exact) mass is 203 g/mol. The predicted molar refractivity (Wildman–Crippen MR) is 60.5 cm³/mol. The number of amides is 1. The molecule has 0 aliphatic rings. The number of carbonyl (C=O) groups excluding carboxylic acids is 2. The number of hydrogen-bond donors (Lipinski definition) is 1. The van der Waals surface area contributed by atoms with Crippen molar-refractivity contribution in [3.05, 3.63) is 35.9 Å². The molecule has 1 amide bonds. The van der Waals surface area contributed by atoms with Crippen molar-refractivity contribution in [3.63, 3.8) is 0 Å². The van der Waals surface area contributed by atoms with Gasteiger partial charge in [0.15, 0.2) is 5.78 Å². The van der Waals surface area contributed by atoms with Crippen LogP contribution in [0.1, 0.15) is 19.4 Å². The first-order valence-electron chi connectivity index (χ1n) is 4.64. The molecule has 0 aromatic heterocycles. The van der Waals surface area contributed by atoms with Crippen LogP contribution in [-0.2, 0) is 9.59 Å². The maximum atomic E-state index is 10.7. The van der Waals surface area contributed by atoms with Crippen LogP contribution < -0.4 is 5.32 Å². The van der Waals surface area contributed by atoms with E-state index in [1.165, 1.54) is 19.9 Å². The molecule has 1 rings (SSSR count). The maximum absolute atomic E-state index is 10.7.